The molecule has 0 aliphatic carbocycles. The molecule has 0 atom stereocenters. The lowest BCUT2D eigenvalue weighted by Crippen LogP contribution is -2.05. The molecule has 0 amide bonds. The van der Waals surface area contributed by atoms with E-state index >= 15 is 0 Å². The highest BCUT2D eigenvalue weighted by molar-refractivity contribution is 5.51. The fourth-order valence-electron chi connectivity index (χ4n) is 1.94. The molecular weight excluding hydrogens is 228 g/mol. The number of nitrogens with one attached hydrogen (secondary N) is 1. The van der Waals surface area contributed by atoms with E-state index in [0.29, 0.717) is 6.54 Å². The van der Waals surface area contributed by atoms with Crippen LogP contribution in [0.5, 0.6) is 0 Å². The summed E-state index contributed by atoms with van der Waals surface area (Å²) in [6.07, 6.45) is 5.40. The number of rotatable bonds is 3. The molecule has 3 aromatic rings. The summed E-state index contributed by atoms with van der Waals surface area (Å²) in [5.74, 6) is 0.936. The summed E-state index contributed by atoms with van der Waals surface area (Å²) >= 11 is 0. The Morgan fingerprint density at radius 3 is 2.94 bits per heavy atom. The molecule has 0 fully saturated rings. The molecule has 92 valence electrons. The Bertz CT molecular complexity index is 681. The number of hydrogen-bond donors (Lipinski definition) is 1. The predicted octanol–water partition coefficient (Wildman–Crippen LogP) is 1.38. The lowest BCUT2D eigenvalue weighted by molar-refractivity contribution is 0.767. The van der Waals surface area contributed by atoms with Crippen LogP contribution in [0.4, 0.5) is 5.82 Å². The summed E-state index contributed by atoms with van der Waals surface area (Å²) in [5.41, 5.74) is 3.14. The summed E-state index contributed by atoms with van der Waals surface area (Å²) in [4.78, 5) is 4.19. The second kappa shape index (κ2) is 4.14. The van der Waals surface area contributed by atoms with E-state index in [9.17, 15) is 0 Å². The largest absolute Gasteiger partial charge is 0.366 e. The third kappa shape index (κ3) is 1.92. The van der Waals surface area contributed by atoms with E-state index in [4.69, 9.17) is 0 Å². The van der Waals surface area contributed by atoms with Crippen LogP contribution >= 0.6 is 0 Å². The lowest BCUT2D eigenvalue weighted by atomic mass is 10.3. The number of fused-ring (bicyclic) bond motifs is 1. The maximum absolute atomic E-state index is 4.20. The standard InChI is InChI=1S/C12H14N6/c1-9-3-11(18-12(4-9)14-8-16-18)13-5-10-6-15-17(2)7-10/h3-4,6-8,13H,5H2,1-2H3. The molecule has 0 bridgehead atoms. The second-order valence-corrected chi connectivity index (χ2v) is 4.32. The van der Waals surface area contributed by atoms with Gasteiger partial charge in [-0.3, -0.25) is 4.68 Å². The molecule has 0 radical (unpaired) electrons. The maximum Gasteiger partial charge on any atom is 0.157 e. The fourth-order valence-corrected chi connectivity index (χ4v) is 1.94. The molecule has 0 saturated carbocycles. The van der Waals surface area contributed by atoms with E-state index in [1.165, 1.54) is 0 Å². The van der Waals surface area contributed by atoms with Crippen molar-refractivity contribution in [2.45, 2.75) is 13.5 Å². The maximum atomic E-state index is 4.20. The van der Waals surface area contributed by atoms with Crippen molar-refractivity contribution in [3.63, 3.8) is 0 Å². The van der Waals surface area contributed by atoms with Gasteiger partial charge in [0, 0.05) is 25.4 Å². The minimum atomic E-state index is 0.715. The molecule has 3 heterocycles. The fraction of sp³-hybridized carbons (Fsp3) is 0.250. The molecule has 1 N–H and O–H groups in total. The van der Waals surface area contributed by atoms with Crippen molar-refractivity contribution in [3.8, 4) is 0 Å². The van der Waals surface area contributed by atoms with E-state index in [1.807, 2.05) is 32.4 Å². The number of pyridine rings is 1. The van der Waals surface area contributed by atoms with Crippen molar-refractivity contribution >= 4 is 11.5 Å². The van der Waals surface area contributed by atoms with Crippen molar-refractivity contribution in [2.75, 3.05) is 5.32 Å². The number of aromatic nitrogens is 5. The van der Waals surface area contributed by atoms with Crippen LogP contribution in [-0.2, 0) is 13.6 Å². The van der Waals surface area contributed by atoms with Gasteiger partial charge in [0.1, 0.15) is 12.1 Å². The van der Waals surface area contributed by atoms with E-state index in [2.05, 4.69) is 26.6 Å². The van der Waals surface area contributed by atoms with Crippen molar-refractivity contribution in [1.82, 2.24) is 24.4 Å². The van der Waals surface area contributed by atoms with Crippen LogP contribution in [-0.4, -0.2) is 24.4 Å². The SMILES string of the molecule is Cc1cc(NCc2cnn(C)c2)n2ncnc2c1. The van der Waals surface area contributed by atoms with Gasteiger partial charge in [0.15, 0.2) is 5.65 Å². The lowest BCUT2D eigenvalue weighted by Gasteiger charge is -2.07. The van der Waals surface area contributed by atoms with Crippen LogP contribution in [0.1, 0.15) is 11.1 Å². The first-order valence-electron chi connectivity index (χ1n) is 5.74. The highest BCUT2D eigenvalue weighted by atomic mass is 15.3. The minimum Gasteiger partial charge on any atom is -0.366 e. The summed E-state index contributed by atoms with van der Waals surface area (Å²) < 4.78 is 3.59. The zero-order valence-corrected chi connectivity index (χ0v) is 10.3. The van der Waals surface area contributed by atoms with Gasteiger partial charge in [0.05, 0.1) is 6.20 Å². The van der Waals surface area contributed by atoms with Gasteiger partial charge < -0.3 is 5.32 Å². The molecular formula is C12H14N6. The zero-order valence-electron chi connectivity index (χ0n) is 10.3. The van der Waals surface area contributed by atoms with Crippen molar-refractivity contribution < 1.29 is 0 Å². The summed E-state index contributed by atoms with van der Waals surface area (Å²) in [6.45, 7) is 2.76. The third-order valence-corrected chi connectivity index (χ3v) is 2.76. The van der Waals surface area contributed by atoms with Gasteiger partial charge in [-0.15, -0.1) is 0 Å². The molecule has 6 nitrogen and oxygen atoms in total. The van der Waals surface area contributed by atoms with E-state index in [-0.39, 0.29) is 0 Å². The number of aryl methyl sites for hydroxylation is 2. The number of anilines is 1. The smallest absolute Gasteiger partial charge is 0.157 e. The monoisotopic (exact) mass is 242 g/mol. The predicted molar refractivity (Wildman–Crippen MR) is 68.3 cm³/mol. The number of nitrogens with zero attached hydrogens (tertiary/aromatic N) is 5. The van der Waals surface area contributed by atoms with Crippen LogP contribution in [0, 0.1) is 6.92 Å². The molecule has 0 aliphatic rings. The van der Waals surface area contributed by atoms with Gasteiger partial charge in [-0.05, 0) is 24.6 Å². The molecule has 0 spiro atoms. The quantitative estimate of drug-likeness (QED) is 0.754. The minimum absolute atomic E-state index is 0.715. The van der Waals surface area contributed by atoms with Gasteiger partial charge in [-0.25, -0.2) is 4.98 Å². The molecule has 18 heavy (non-hydrogen) atoms. The third-order valence-electron chi connectivity index (χ3n) is 2.76. The normalized spacial score (nSPS) is 11.0. The van der Waals surface area contributed by atoms with Gasteiger partial charge in [-0.2, -0.15) is 14.7 Å². The summed E-state index contributed by atoms with van der Waals surface area (Å²) in [7, 11) is 1.91. The van der Waals surface area contributed by atoms with Crippen LogP contribution in [0.3, 0.4) is 0 Å². The zero-order chi connectivity index (χ0) is 12.5. The first kappa shape index (κ1) is 10.8. The molecule has 0 saturated heterocycles. The van der Waals surface area contributed by atoms with Crippen molar-refractivity contribution in [3.05, 3.63) is 42.0 Å². The topological polar surface area (TPSA) is 60.0 Å². The molecule has 0 aromatic carbocycles. The summed E-state index contributed by atoms with van der Waals surface area (Å²) in [6, 6.07) is 4.06. The van der Waals surface area contributed by atoms with Crippen LogP contribution < -0.4 is 5.32 Å². The van der Waals surface area contributed by atoms with Gasteiger partial charge in [0.25, 0.3) is 0 Å². The van der Waals surface area contributed by atoms with Crippen LogP contribution in [0.25, 0.3) is 5.65 Å². The van der Waals surface area contributed by atoms with E-state index < -0.39 is 0 Å². The van der Waals surface area contributed by atoms with Crippen molar-refractivity contribution in [1.29, 1.82) is 0 Å². The van der Waals surface area contributed by atoms with E-state index in [0.717, 1.165) is 22.6 Å². The Morgan fingerprint density at radius 1 is 1.28 bits per heavy atom. The van der Waals surface area contributed by atoms with E-state index in [1.54, 1.807) is 15.5 Å². The van der Waals surface area contributed by atoms with Crippen LogP contribution in [0.2, 0.25) is 0 Å². The first-order valence-corrected chi connectivity index (χ1v) is 5.74. The first-order chi connectivity index (χ1) is 8.72. The molecule has 6 heteroatoms. The molecule has 3 rings (SSSR count). The highest BCUT2D eigenvalue weighted by Crippen LogP contribution is 2.14. The molecule has 3 aromatic heterocycles. The number of hydrogen-bond acceptors (Lipinski definition) is 4. The Balaban J connectivity index is 1.87. The van der Waals surface area contributed by atoms with Gasteiger partial charge in [-0.1, -0.05) is 0 Å². The van der Waals surface area contributed by atoms with Gasteiger partial charge in [0.2, 0.25) is 0 Å². The average Bonchev–Trinajstić information content (AvgIpc) is 2.94. The Morgan fingerprint density at radius 2 is 2.17 bits per heavy atom. The average molecular weight is 242 g/mol. The highest BCUT2D eigenvalue weighted by Gasteiger charge is 2.04. The Hall–Kier alpha value is -2.37. The Labute approximate surface area is 104 Å². The molecule has 0 aliphatic heterocycles. The van der Waals surface area contributed by atoms with Crippen LogP contribution in [0.15, 0.2) is 30.9 Å². The van der Waals surface area contributed by atoms with Gasteiger partial charge >= 0.3 is 0 Å². The summed E-state index contributed by atoms with van der Waals surface area (Å²) in [5, 5.41) is 11.7. The Kier molecular flexibility index (Phi) is 2.47. The second-order valence-electron chi connectivity index (χ2n) is 4.32. The van der Waals surface area contributed by atoms with Crippen molar-refractivity contribution in [2.24, 2.45) is 7.05 Å². The molecule has 0 unspecified atom stereocenters.